The van der Waals surface area contributed by atoms with Crippen LogP contribution in [0.2, 0.25) is 0 Å². The summed E-state index contributed by atoms with van der Waals surface area (Å²) in [4.78, 5) is 81.8. The molecule has 7 fully saturated rings. The molecule has 8 aliphatic rings. The van der Waals surface area contributed by atoms with Gasteiger partial charge in [0.1, 0.15) is 6.10 Å². The Hall–Kier alpha value is -3.20. The van der Waals surface area contributed by atoms with Gasteiger partial charge in [-0.05, 0) is 56.9 Å². The van der Waals surface area contributed by atoms with Gasteiger partial charge in [-0.3, -0.25) is 24.0 Å². The number of allylic oxidation sites excluding steroid dienone is 1. The lowest BCUT2D eigenvalue weighted by atomic mass is 9.46. The second-order valence-corrected chi connectivity index (χ2v) is 15.3. The highest BCUT2D eigenvalue weighted by Gasteiger charge is 2.93. The Balaban J connectivity index is 1.31. The first-order valence-electron chi connectivity index (χ1n) is 16.2. The first-order valence-corrected chi connectivity index (χ1v) is 16.2. The van der Waals surface area contributed by atoms with Crippen molar-refractivity contribution in [3.63, 3.8) is 0 Å². The summed E-state index contributed by atoms with van der Waals surface area (Å²) in [7, 11) is 1.18. The highest BCUT2D eigenvalue weighted by atomic mass is 16.8. The highest BCUT2D eigenvalue weighted by Crippen LogP contribution is 2.75. The lowest BCUT2D eigenvalue weighted by Crippen LogP contribution is -2.79. The number of methoxy groups -OCH3 is 1. The summed E-state index contributed by atoms with van der Waals surface area (Å²) in [5.41, 5.74) is -10.9. The molecule has 8 rings (SSSR count). The largest absolute Gasteiger partial charge is 0.469 e. The van der Waals surface area contributed by atoms with Crippen molar-refractivity contribution < 1.29 is 67.4 Å². The molecule has 0 unspecified atom stereocenters. The Morgan fingerprint density at radius 3 is 2.51 bits per heavy atom. The fourth-order valence-electron chi connectivity index (χ4n) is 11.3. The zero-order chi connectivity index (χ0) is 33.7. The first kappa shape index (κ1) is 31.1. The van der Waals surface area contributed by atoms with E-state index < -0.39 is 110 Å². The van der Waals surface area contributed by atoms with Crippen molar-refractivity contribution in [1.29, 1.82) is 0 Å². The van der Waals surface area contributed by atoms with E-state index in [1.807, 2.05) is 0 Å². The molecular weight excluding hydrogens is 620 g/mol. The van der Waals surface area contributed by atoms with Gasteiger partial charge in [0.2, 0.25) is 5.79 Å². The van der Waals surface area contributed by atoms with E-state index in [1.165, 1.54) is 26.2 Å². The average molecular weight is 659 g/mol. The predicted molar refractivity (Wildman–Crippen MR) is 150 cm³/mol. The van der Waals surface area contributed by atoms with Crippen LogP contribution in [-0.2, 0) is 57.2 Å². The minimum atomic E-state index is -2.41. The van der Waals surface area contributed by atoms with E-state index in [4.69, 9.17) is 23.7 Å². The third-order valence-electron chi connectivity index (χ3n) is 13.7. The van der Waals surface area contributed by atoms with Crippen molar-refractivity contribution in [2.24, 2.45) is 34.5 Å². The van der Waals surface area contributed by atoms with Gasteiger partial charge in [-0.15, -0.1) is 0 Å². The Labute approximate surface area is 269 Å². The van der Waals surface area contributed by atoms with Gasteiger partial charge in [-0.1, -0.05) is 13.0 Å². The van der Waals surface area contributed by atoms with Crippen molar-refractivity contribution in [3.8, 4) is 0 Å². The van der Waals surface area contributed by atoms with Gasteiger partial charge >= 0.3 is 23.9 Å². The SMILES string of the molecule is COC(=O)CCC(=O)O[C@]12CC=CC(=O)[C@]1(C)[C@H]1CC[C@]3(O)C(=O)O[C@@]4(C)[C@H]5C[C@]6(C)[C@@H](CO[C@]7(O[C@@]43[C@H]6C7=O)[C@@H]1C[C@H]2O)C(=O)O5. The molecule has 47 heavy (non-hydrogen) atoms. The number of fused-ring (bicyclic) bond motifs is 5. The van der Waals surface area contributed by atoms with E-state index in [0.717, 1.165) is 0 Å². The second kappa shape index (κ2) is 9.07. The summed E-state index contributed by atoms with van der Waals surface area (Å²) < 4.78 is 35.8. The molecule has 254 valence electrons. The fourth-order valence-corrected chi connectivity index (χ4v) is 11.3. The van der Waals surface area contributed by atoms with Crippen molar-refractivity contribution in [2.75, 3.05) is 13.7 Å². The third-order valence-corrected chi connectivity index (χ3v) is 13.7. The number of carbonyl (C=O) groups is 6. The van der Waals surface area contributed by atoms with Crippen LogP contribution in [0.25, 0.3) is 0 Å². The Morgan fingerprint density at radius 1 is 1.06 bits per heavy atom. The van der Waals surface area contributed by atoms with Gasteiger partial charge in [0.15, 0.2) is 34.0 Å². The maximum atomic E-state index is 15.2. The van der Waals surface area contributed by atoms with Crippen LogP contribution in [0.15, 0.2) is 12.2 Å². The number of aliphatic hydroxyl groups is 2. The molecule has 5 saturated heterocycles. The maximum absolute atomic E-state index is 15.2. The van der Waals surface area contributed by atoms with E-state index in [0.29, 0.717) is 0 Å². The van der Waals surface area contributed by atoms with Crippen LogP contribution in [0.4, 0.5) is 0 Å². The molecular formula is C33H38O14. The lowest BCUT2D eigenvalue weighted by Gasteiger charge is -2.64. The quantitative estimate of drug-likeness (QED) is 0.307. The summed E-state index contributed by atoms with van der Waals surface area (Å²) in [5.74, 6) is -10.6. The Kier molecular flexibility index (Phi) is 6.00. The lowest BCUT2D eigenvalue weighted by molar-refractivity contribution is -0.382. The van der Waals surface area contributed by atoms with Crippen LogP contribution >= 0.6 is 0 Å². The normalized spacial score (nSPS) is 53.1. The number of hydrogen-bond donors (Lipinski definition) is 2. The molecule has 3 aliphatic carbocycles. The monoisotopic (exact) mass is 658 g/mol. The number of carbonyl (C=O) groups excluding carboxylic acids is 6. The zero-order valence-electron chi connectivity index (χ0n) is 26.6. The molecule has 0 aromatic heterocycles. The van der Waals surface area contributed by atoms with Crippen molar-refractivity contribution >= 4 is 35.4 Å². The Morgan fingerprint density at radius 2 is 1.79 bits per heavy atom. The summed E-state index contributed by atoms with van der Waals surface area (Å²) in [6.45, 7) is 4.55. The fraction of sp³-hybridized carbons (Fsp3) is 0.758. The molecule has 2 N–H and O–H groups in total. The third kappa shape index (κ3) is 3.13. The molecule has 14 nitrogen and oxygen atoms in total. The summed E-state index contributed by atoms with van der Waals surface area (Å²) >= 11 is 0. The van der Waals surface area contributed by atoms with Crippen LogP contribution in [0.3, 0.4) is 0 Å². The van der Waals surface area contributed by atoms with Crippen molar-refractivity contribution in [1.82, 2.24) is 0 Å². The second-order valence-electron chi connectivity index (χ2n) is 15.3. The minimum Gasteiger partial charge on any atom is -0.469 e. The Bertz CT molecular complexity index is 1590. The van der Waals surface area contributed by atoms with E-state index in [9.17, 15) is 34.2 Å². The van der Waals surface area contributed by atoms with Gasteiger partial charge in [-0.25, -0.2) is 4.79 Å². The van der Waals surface area contributed by atoms with Crippen molar-refractivity contribution in [3.05, 3.63) is 12.2 Å². The van der Waals surface area contributed by atoms with Gasteiger partial charge in [0, 0.05) is 12.3 Å². The summed E-state index contributed by atoms with van der Waals surface area (Å²) in [6.07, 6.45) is -0.816. The molecule has 0 radical (unpaired) electrons. The number of rotatable bonds is 4. The van der Waals surface area contributed by atoms with Gasteiger partial charge < -0.3 is 38.6 Å². The van der Waals surface area contributed by atoms with E-state index in [2.05, 4.69) is 4.74 Å². The number of esters is 4. The van der Waals surface area contributed by atoms with Gasteiger partial charge in [0.05, 0.1) is 49.9 Å². The van der Waals surface area contributed by atoms with Gasteiger partial charge in [0.25, 0.3) is 0 Å². The maximum Gasteiger partial charge on any atom is 0.342 e. The summed E-state index contributed by atoms with van der Waals surface area (Å²) in [6, 6.07) is 0. The minimum absolute atomic E-state index is 0.0442. The molecule has 5 bridgehead atoms. The highest BCUT2D eigenvalue weighted by molar-refractivity contribution is 6.00. The molecule has 0 aromatic carbocycles. The van der Waals surface area contributed by atoms with Crippen molar-refractivity contribution in [2.45, 2.75) is 106 Å². The van der Waals surface area contributed by atoms with E-state index in [1.54, 1.807) is 13.8 Å². The molecule has 5 aliphatic heterocycles. The predicted octanol–water partition coefficient (Wildman–Crippen LogP) is 0.227. The number of hydrogen-bond acceptors (Lipinski definition) is 14. The standard InChI is InChI=1S/C33H38O14/c1-27-13-20-29(3)33-23(27)24(38)32(47-33,43-14-17(27)25(39)44-20)16-12-19(35)31(45-22(37)8-7-21(36)42-4)10-5-6-18(34)28(31,2)15(16)9-11-30(33,41)26(40)46-29/h5-6,15-17,19-20,23,35,41H,7-14H2,1-4H3/t15-,16+,17-,19+,20+,23-,27+,28-,29-,30-,31-,32-,33-/m0/s1. The van der Waals surface area contributed by atoms with E-state index >= 15 is 4.79 Å². The zero-order valence-corrected chi connectivity index (χ0v) is 26.6. The molecule has 2 spiro atoms. The molecule has 2 saturated carbocycles. The average Bonchev–Trinajstić information content (AvgIpc) is 3.34. The first-order chi connectivity index (χ1) is 22.0. The van der Waals surface area contributed by atoms with Crippen LogP contribution in [0, 0.1) is 34.5 Å². The van der Waals surface area contributed by atoms with Crippen LogP contribution in [0.5, 0.6) is 0 Å². The number of aliphatic hydroxyl groups excluding tert-OH is 1. The number of ether oxygens (including phenoxy) is 6. The number of Topliss-reactive ketones (excluding diaryl/α,β-unsaturated/α-hetero) is 1. The molecule has 13 atom stereocenters. The van der Waals surface area contributed by atoms with Crippen LogP contribution in [0.1, 0.15) is 65.7 Å². The number of ketones is 2. The topological polar surface area (TPSA) is 198 Å². The van der Waals surface area contributed by atoms with Crippen LogP contribution < -0.4 is 0 Å². The van der Waals surface area contributed by atoms with Gasteiger partial charge in [-0.2, -0.15) is 0 Å². The van der Waals surface area contributed by atoms with E-state index in [-0.39, 0.29) is 51.6 Å². The molecule has 14 heteroatoms. The molecule has 0 aromatic rings. The smallest absolute Gasteiger partial charge is 0.342 e. The molecule has 5 heterocycles. The summed E-state index contributed by atoms with van der Waals surface area (Å²) in [5, 5.41) is 24.7. The molecule has 0 amide bonds. The van der Waals surface area contributed by atoms with Crippen LogP contribution in [-0.4, -0.2) is 99.8 Å².